The summed E-state index contributed by atoms with van der Waals surface area (Å²) in [4.78, 5) is 9.55. The molecule has 0 aromatic carbocycles. The van der Waals surface area contributed by atoms with Gasteiger partial charge in [0.2, 0.25) is 0 Å². The normalized spacial score (nSPS) is 7.00. The fraction of sp³-hybridized carbons (Fsp3) is 0.667. The Morgan fingerprint density at radius 3 is 2.29 bits per heavy atom. The van der Waals surface area contributed by atoms with Crippen molar-refractivity contribution >= 4 is 18.6 Å². The minimum atomic E-state index is -0.787. The van der Waals surface area contributed by atoms with Gasteiger partial charge in [-0.2, -0.15) is 12.6 Å². The molecule has 7 heavy (non-hydrogen) atoms. The first-order valence-corrected chi connectivity index (χ1v) is 2.23. The summed E-state index contributed by atoms with van der Waals surface area (Å²) >= 11 is 3.68. The van der Waals surface area contributed by atoms with Gasteiger partial charge < -0.3 is 6.53 Å². The van der Waals surface area contributed by atoms with E-state index in [2.05, 4.69) is 12.6 Å². The predicted molar refractivity (Wildman–Crippen MR) is 27.2 cm³/mol. The molecular formula is C3H7NaO2S. The van der Waals surface area contributed by atoms with Gasteiger partial charge in [-0.1, -0.05) is 0 Å². The number of rotatable bonds is 2. The number of carbonyl (C=O) groups is 1. The van der Waals surface area contributed by atoms with Crippen molar-refractivity contribution in [1.29, 1.82) is 0 Å². The van der Waals surface area contributed by atoms with Gasteiger partial charge in [-0.15, -0.1) is 0 Å². The van der Waals surface area contributed by atoms with E-state index in [9.17, 15) is 4.79 Å². The zero-order valence-electron chi connectivity index (χ0n) is 5.22. The third kappa shape index (κ3) is 10.9. The van der Waals surface area contributed by atoms with Crippen LogP contribution in [-0.4, -0.2) is 16.8 Å². The van der Waals surface area contributed by atoms with Gasteiger partial charge in [0.15, 0.2) is 0 Å². The van der Waals surface area contributed by atoms with Crippen molar-refractivity contribution in [2.24, 2.45) is 0 Å². The quantitative estimate of drug-likeness (QED) is 0.320. The average Bonchev–Trinajstić information content (AvgIpc) is 1.35. The first-order chi connectivity index (χ1) is 2.77. The van der Waals surface area contributed by atoms with E-state index in [-0.39, 0.29) is 37.4 Å². The van der Waals surface area contributed by atoms with Gasteiger partial charge >= 0.3 is 35.5 Å². The van der Waals surface area contributed by atoms with E-state index >= 15 is 0 Å². The Hall–Kier alpha value is 0.820. The average molecular weight is 130 g/mol. The zero-order chi connectivity index (χ0) is 4.99. The molecule has 38 valence electrons. The van der Waals surface area contributed by atoms with Crippen LogP contribution in [0.15, 0.2) is 0 Å². The molecule has 0 bridgehead atoms. The second-order valence-corrected chi connectivity index (χ2v) is 1.31. The maximum Gasteiger partial charge on any atom is 1.00 e. The van der Waals surface area contributed by atoms with Gasteiger partial charge in [0, 0.05) is 5.75 Å². The summed E-state index contributed by atoms with van der Waals surface area (Å²) < 4.78 is 0. The van der Waals surface area contributed by atoms with Gasteiger partial charge in [-0.25, -0.2) is 0 Å². The van der Waals surface area contributed by atoms with Gasteiger partial charge in [-0.3, -0.25) is 4.79 Å². The summed E-state index contributed by atoms with van der Waals surface area (Å²) in [6.45, 7) is 0. The van der Waals surface area contributed by atoms with Crippen molar-refractivity contribution in [3.63, 3.8) is 0 Å². The fourth-order valence-corrected chi connectivity index (χ4v) is 0.287. The molecule has 0 atom stereocenters. The SMILES string of the molecule is O=C(O)CCS.[H-].[Na+]. The monoisotopic (exact) mass is 130 g/mol. The maximum absolute atomic E-state index is 9.55. The van der Waals surface area contributed by atoms with Crippen LogP contribution in [0.5, 0.6) is 0 Å². The van der Waals surface area contributed by atoms with E-state index < -0.39 is 5.97 Å². The van der Waals surface area contributed by atoms with Crippen LogP contribution in [0.1, 0.15) is 7.85 Å². The van der Waals surface area contributed by atoms with Gasteiger partial charge in [0.25, 0.3) is 0 Å². The van der Waals surface area contributed by atoms with E-state index in [1.807, 2.05) is 0 Å². The molecule has 0 aromatic rings. The van der Waals surface area contributed by atoms with Crippen molar-refractivity contribution in [1.82, 2.24) is 0 Å². The summed E-state index contributed by atoms with van der Waals surface area (Å²) in [5.74, 6) is -0.361. The second-order valence-electron chi connectivity index (χ2n) is 0.867. The minimum absolute atomic E-state index is 0. The third-order valence-electron chi connectivity index (χ3n) is 0.326. The molecule has 0 unspecified atom stereocenters. The minimum Gasteiger partial charge on any atom is -1.00 e. The van der Waals surface area contributed by atoms with Crippen LogP contribution in [0.3, 0.4) is 0 Å². The van der Waals surface area contributed by atoms with Gasteiger partial charge in [-0.05, 0) is 0 Å². The van der Waals surface area contributed by atoms with Crippen LogP contribution in [0.2, 0.25) is 0 Å². The molecule has 0 saturated heterocycles. The van der Waals surface area contributed by atoms with Crippen molar-refractivity contribution in [2.75, 3.05) is 5.75 Å². The summed E-state index contributed by atoms with van der Waals surface area (Å²) in [6.07, 6.45) is 0.156. The zero-order valence-corrected chi connectivity index (χ0v) is 7.11. The van der Waals surface area contributed by atoms with Crippen LogP contribution < -0.4 is 29.6 Å². The fourth-order valence-electron chi connectivity index (χ4n) is 0.0956. The molecule has 0 radical (unpaired) electrons. The van der Waals surface area contributed by atoms with Crippen molar-refractivity contribution < 1.29 is 40.9 Å². The Balaban J connectivity index is -0.000000125. The number of hydrogen-bond acceptors (Lipinski definition) is 2. The number of carboxylic acid groups (broad SMARTS) is 1. The molecule has 0 aliphatic rings. The molecule has 4 heteroatoms. The Kier molecular flexibility index (Phi) is 10.5. The molecular weight excluding hydrogens is 123 g/mol. The molecule has 2 nitrogen and oxygen atoms in total. The smallest absolute Gasteiger partial charge is 1.00 e. The maximum atomic E-state index is 9.55. The predicted octanol–water partition coefficient (Wildman–Crippen LogP) is -2.49. The first-order valence-electron chi connectivity index (χ1n) is 1.60. The van der Waals surface area contributed by atoms with Gasteiger partial charge in [0.05, 0.1) is 6.42 Å². The topological polar surface area (TPSA) is 37.3 Å². The molecule has 0 heterocycles. The van der Waals surface area contributed by atoms with Crippen molar-refractivity contribution in [2.45, 2.75) is 6.42 Å². The Labute approximate surface area is 71.5 Å². The number of thiol groups is 1. The molecule has 0 spiro atoms. The van der Waals surface area contributed by atoms with Gasteiger partial charge in [0.1, 0.15) is 0 Å². The number of carboxylic acids is 1. The molecule has 0 rings (SSSR count). The second kappa shape index (κ2) is 6.82. The largest absolute Gasteiger partial charge is 1.00 e. The first kappa shape index (κ1) is 10.7. The Morgan fingerprint density at radius 1 is 1.86 bits per heavy atom. The molecule has 0 aromatic heterocycles. The molecule has 1 N–H and O–H groups in total. The van der Waals surface area contributed by atoms with E-state index in [1.54, 1.807) is 0 Å². The molecule has 0 saturated carbocycles. The van der Waals surface area contributed by atoms with Crippen LogP contribution in [0.25, 0.3) is 0 Å². The third-order valence-corrected chi connectivity index (χ3v) is 0.549. The summed E-state index contributed by atoms with van der Waals surface area (Å²) in [7, 11) is 0. The summed E-state index contributed by atoms with van der Waals surface area (Å²) in [5, 5.41) is 7.86. The van der Waals surface area contributed by atoms with Crippen LogP contribution >= 0.6 is 12.6 Å². The molecule has 0 amide bonds. The Morgan fingerprint density at radius 2 is 2.29 bits per heavy atom. The van der Waals surface area contributed by atoms with E-state index in [4.69, 9.17) is 5.11 Å². The summed E-state index contributed by atoms with van der Waals surface area (Å²) in [5.41, 5.74) is 0. The van der Waals surface area contributed by atoms with Crippen molar-refractivity contribution in [3.8, 4) is 0 Å². The van der Waals surface area contributed by atoms with Crippen LogP contribution in [-0.2, 0) is 4.79 Å². The van der Waals surface area contributed by atoms with Crippen LogP contribution in [0, 0.1) is 0 Å². The molecule has 0 aliphatic heterocycles. The molecule has 0 fully saturated rings. The van der Waals surface area contributed by atoms with E-state index in [0.29, 0.717) is 5.75 Å². The van der Waals surface area contributed by atoms with Crippen molar-refractivity contribution in [3.05, 3.63) is 0 Å². The number of hydrogen-bond donors (Lipinski definition) is 2. The standard InChI is InChI=1S/C3H6O2S.Na.H/c4-3(5)1-2-6;;/h6H,1-2H2,(H,4,5);;/q;+1;-1. The molecule has 0 aliphatic carbocycles. The van der Waals surface area contributed by atoms with Crippen LogP contribution in [0.4, 0.5) is 0 Å². The number of aliphatic carboxylic acids is 1. The van der Waals surface area contributed by atoms with E-state index in [1.165, 1.54) is 0 Å². The van der Waals surface area contributed by atoms with E-state index in [0.717, 1.165) is 0 Å². The Bertz CT molecular complexity index is 61.2. The summed E-state index contributed by atoms with van der Waals surface area (Å²) in [6, 6.07) is 0.